The van der Waals surface area contributed by atoms with Gasteiger partial charge in [0, 0.05) is 32.6 Å². The molecule has 6 heteroatoms. The summed E-state index contributed by atoms with van der Waals surface area (Å²) in [6, 6.07) is 8.19. The van der Waals surface area contributed by atoms with Crippen molar-refractivity contribution in [1.82, 2.24) is 10.2 Å². The SMILES string of the molecule is CCNC(=NCC1CCCC1O)N(C)Cc1ccc(OCC)cc1.I. The summed E-state index contributed by atoms with van der Waals surface area (Å²) in [6.45, 7) is 7.05. The first-order valence-corrected chi connectivity index (χ1v) is 9.03. The molecule has 1 aromatic carbocycles. The molecular weight excluding hydrogens is 429 g/mol. The normalized spacial score (nSPS) is 20.1. The topological polar surface area (TPSA) is 57.1 Å². The van der Waals surface area contributed by atoms with E-state index in [1.807, 2.05) is 26.1 Å². The van der Waals surface area contributed by atoms with Gasteiger partial charge in [-0.25, -0.2) is 0 Å². The van der Waals surface area contributed by atoms with Crippen LogP contribution < -0.4 is 10.1 Å². The fourth-order valence-corrected chi connectivity index (χ4v) is 3.11. The van der Waals surface area contributed by atoms with E-state index < -0.39 is 0 Å². The van der Waals surface area contributed by atoms with Crippen LogP contribution in [0.3, 0.4) is 0 Å². The lowest BCUT2D eigenvalue weighted by Crippen LogP contribution is -2.39. The molecule has 25 heavy (non-hydrogen) atoms. The van der Waals surface area contributed by atoms with Crippen molar-refractivity contribution in [3.05, 3.63) is 29.8 Å². The zero-order valence-corrected chi connectivity index (χ0v) is 17.9. The van der Waals surface area contributed by atoms with E-state index in [9.17, 15) is 5.11 Å². The van der Waals surface area contributed by atoms with Crippen molar-refractivity contribution in [3.8, 4) is 5.75 Å². The maximum Gasteiger partial charge on any atom is 0.193 e. The van der Waals surface area contributed by atoms with Crippen molar-refractivity contribution in [3.63, 3.8) is 0 Å². The second-order valence-electron chi connectivity index (χ2n) is 6.39. The Bertz CT molecular complexity index is 522. The Morgan fingerprint density at radius 3 is 2.56 bits per heavy atom. The lowest BCUT2D eigenvalue weighted by atomic mass is 10.1. The van der Waals surface area contributed by atoms with Gasteiger partial charge in [0.15, 0.2) is 5.96 Å². The lowest BCUT2D eigenvalue weighted by Gasteiger charge is -2.23. The molecule has 0 heterocycles. The molecule has 1 fully saturated rings. The van der Waals surface area contributed by atoms with Gasteiger partial charge in [0.1, 0.15) is 5.75 Å². The van der Waals surface area contributed by atoms with Gasteiger partial charge in [-0.1, -0.05) is 18.6 Å². The van der Waals surface area contributed by atoms with Crippen LogP contribution in [0.15, 0.2) is 29.3 Å². The zero-order valence-electron chi connectivity index (χ0n) is 15.6. The minimum Gasteiger partial charge on any atom is -0.494 e. The molecule has 1 aliphatic carbocycles. The van der Waals surface area contributed by atoms with Crippen molar-refractivity contribution in [1.29, 1.82) is 0 Å². The third-order valence-corrected chi connectivity index (χ3v) is 4.45. The Labute approximate surface area is 168 Å². The summed E-state index contributed by atoms with van der Waals surface area (Å²) in [7, 11) is 2.04. The molecule has 0 radical (unpaired) electrons. The van der Waals surface area contributed by atoms with Crippen LogP contribution in [0.2, 0.25) is 0 Å². The van der Waals surface area contributed by atoms with Gasteiger partial charge in [-0.15, -0.1) is 24.0 Å². The third-order valence-electron chi connectivity index (χ3n) is 4.45. The molecule has 0 spiro atoms. The zero-order chi connectivity index (χ0) is 17.4. The standard InChI is InChI=1S/C19H31N3O2.HI/c1-4-20-19(21-13-16-7-6-8-18(16)23)22(3)14-15-9-11-17(12-10-15)24-5-2;/h9-12,16,18,23H,4-8,13-14H2,1-3H3,(H,20,21);1H. The van der Waals surface area contributed by atoms with Crippen LogP contribution in [0.5, 0.6) is 5.75 Å². The van der Waals surface area contributed by atoms with E-state index >= 15 is 0 Å². The summed E-state index contributed by atoms with van der Waals surface area (Å²) in [5.41, 5.74) is 1.22. The number of guanidine groups is 1. The predicted octanol–water partition coefficient (Wildman–Crippen LogP) is 3.26. The lowest BCUT2D eigenvalue weighted by molar-refractivity contribution is 0.136. The number of benzene rings is 1. The molecular formula is C19H32IN3O2. The van der Waals surface area contributed by atoms with Crippen molar-refractivity contribution in [2.24, 2.45) is 10.9 Å². The molecule has 1 aromatic rings. The summed E-state index contributed by atoms with van der Waals surface area (Å²) < 4.78 is 5.48. The molecule has 2 N–H and O–H groups in total. The van der Waals surface area contributed by atoms with Crippen LogP contribution in [0.25, 0.3) is 0 Å². The Morgan fingerprint density at radius 1 is 1.28 bits per heavy atom. The van der Waals surface area contributed by atoms with Crippen LogP contribution in [-0.4, -0.2) is 48.8 Å². The van der Waals surface area contributed by atoms with Crippen molar-refractivity contribution in [2.45, 2.75) is 45.8 Å². The van der Waals surface area contributed by atoms with Gasteiger partial charge in [-0.3, -0.25) is 4.99 Å². The first kappa shape index (κ1) is 22.0. The molecule has 0 aliphatic heterocycles. The maximum absolute atomic E-state index is 9.96. The van der Waals surface area contributed by atoms with E-state index in [1.165, 1.54) is 5.56 Å². The summed E-state index contributed by atoms with van der Waals surface area (Å²) in [6.07, 6.45) is 2.92. The molecule has 0 bridgehead atoms. The number of hydrogen-bond donors (Lipinski definition) is 2. The predicted molar refractivity (Wildman–Crippen MR) is 114 cm³/mol. The molecule has 1 saturated carbocycles. The number of nitrogens with one attached hydrogen (secondary N) is 1. The van der Waals surface area contributed by atoms with E-state index in [-0.39, 0.29) is 30.1 Å². The number of nitrogens with zero attached hydrogens (tertiary/aromatic N) is 2. The summed E-state index contributed by atoms with van der Waals surface area (Å²) >= 11 is 0. The molecule has 0 amide bonds. The Hall–Kier alpha value is -1.02. The molecule has 2 atom stereocenters. The second kappa shape index (κ2) is 11.6. The molecule has 1 aliphatic rings. The quantitative estimate of drug-likeness (QED) is 0.372. The van der Waals surface area contributed by atoms with Crippen LogP contribution in [0.1, 0.15) is 38.7 Å². The van der Waals surface area contributed by atoms with Crippen molar-refractivity contribution < 1.29 is 9.84 Å². The van der Waals surface area contributed by atoms with Gasteiger partial charge in [0.2, 0.25) is 0 Å². The first-order valence-electron chi connectivity index (χ1n) is 9.03. The van der Waals surface area contributed by atoms with Crippen LogP contribution in [-0.2, 0) is 6.54 Å². The van der Waals surface area contributed by atoms with Gasteiger partial charge in [-0.05, 0) is 44.4 Å². The Kier molecular flexibility index (Phi) is 10.2. The summed E-state index contributed by atoms with van der Waals surface area (Å²) in [4.78, 5) is 6.86. The number of aliphatic imine (C=N–C) groups is 1. The minimum absolute atomic E-state index is 0. The number of ether oxygens (including phenoxy) is 1. The van der Waals surface area contributed by atoms with Crippen LogP contribution in [0.4, 0.5) is 0 Å². The van der Waals surface area contributed by atoms with Gasteiger partial charge in [-0.2, -0.15) is 0 Å². The maximum atomic E-state index is 9.96. The van der Waals surface area contributed by atoms with Gasteiger partial charge < -0.3 is 20.1 Å². The fourth-order valence-electron chi connectivity index (χ4n) is 3.11. The largest absolute Gasteiger partial charge is 0.494 e. The fraction of sp³-hybridized carbons (Fsp3) is 0.632. The monoisotopic (exact) mass is 461 g/mol. The highest BCUT2D eigenvalue weighted by atomic mass is 127. The molecule has 2 rings (SSSR count). The highest BCUT2D eigenvalue weighted by molar-refractivity contribution is 14.0. The van der Waals surface area contributed by atoms with Crippen LogP contribution >= 0.6 is 24.0 Å². The number of aliphatic hydroxyl groups is 1. The summed E-state index contributed by atoms with van der Waals surface area (Å²) in [5.74, 6) is 2.10. The molecule has 2 unspecified atom stereocenters. The number of aliphatic hydroxyl groups excluding tert-OH is 1. The number of rotatable bonds is 7. The van der Waals surface area contributed by atoms with E-state index in [1.54, 1.807) is 0 Å². The van der Waals surface area contributed by atoms with E-state index in [4.69, 9.17) is 9.73 Å². The molecule has 0 saturated heterocycles. The number of halogens is 1. The van der Waals surface area contributed by atoms with Crippen LogP contribution in [0, 0.1) is 5.92 Å². The number of hydrogen-bond acceptors (Lipinski definition) is 3. The van der Waals surface area contributed by atoms with E-state index in [0.717, 1.165) is 44.1 Å². The first-order chi connectivity index (χ1) is 11.6. The minimum atomic E-state index is -0.187. The third kappa shape index (κ3) is 7.01. The average molecular weight is 461 g/mol. The van der Waals surface area contributed by atoms with E-state index in [0.29, 0.717) is 19.1 Å². The molecule has 0 aromatic heterocycles. The summed E-state index contributed by atoms with van der Waals surface area (Å²) in [5, 5.41) is 13.3. The Balaban J connectivity index is 0.00000312. The average Bonchev–Trinajstić information content (AvgIpc) is 2.98. The van der Waals surface area contributed by atoms with Crippen molar-refractivity contribution in [2.75, 3.05) is 26.7 Å². The smallest absolute Gasteiger partial charge is 0.193 e. The van der Waals surface area contributed by atoms with Crippen molar-refractivity contribution >= 4 is 29.9 Å². The van der Waals surface area contributed by atoms with E-state index in [2.05, 4.69) is 29.3 Å². The molecule has 5 nitrogen and oxygen atoms in total. The van der Waals surface area contributed by atoms with Gasteiger partial charge in [0.25, 0.3) is 0 Å². The van der Waals surface area contributed by atoms with Gasteiger partial charge >= 0.3 is 0 Å². The highest BCUT2D eigenvalue weighted by Gasteiger charge is 2.25. The highest BCUT2D eigenvalue weighted by Crippen LogP contribution is 2.25. The Morgan fingerprint density at radius 2 is 2.00 bits per heavy atom. The molecule has 142 valence electrons. The second-order valence-corrected chi connectivity index (χ2v) is 6.39. The van der Waals surface area contributed by atoms with Gasteiger partial charge in [0.05, 0.1) is 12.7 Å².